The molecule has 1 aromatic carbocycles. The van der Waals surface area contributed by atoms with Gasteiger partial charge in [0.05, 0.1) is 21.1 Å². The number of alkyl halides is 5. The van der Waals surface area contributed by atoms with Gasteiger partial charge >= 0.3 is 27.7 Å². The number of nitrogens with zero attached hydrogens (tertiary/aromatic N) is 1. The standard InChI is InChI=1S/C10H16N.C3H3F5O4S/c1-11(2,3)9-10-7-5-4-6-8-10;4-1(5)2(6,9)3(7,8)13(10,11)12/h4-8H,9H2,1-3H3;1,9H,(H,10,11,12)/q+1;. The Balaban J connectivity index is 0.000000446. The molecule has 0 aromatic heterocycles. The van der Waals surface area contributed by atoms with Crippen molar-refractivity contribution in [2.45, 2.75) is 24.1 Å². The summed E-state index contributed by atoms with van der Waals surface area (Å²) in [5.41, 5.74) is 1.40. The van der Waals surface area contributed by atoms with Crippen LogP contribution in [0.3, 0.4) is 0 Å². The fourth-order valence-electron chi connectivity index (χ4n) is 1.44. The minimum Gasteiger partial charge on any atom is -0.352 e. The highest BCUT2D eigenvalue weighted by Crippen LogP contribution is 2.38. The zero-order chi connectivity index (χ0) is 19.4. The number of hydrogen-bond donors (Lipinski definition) is 2. The van der Waals surface area contributed by atoms with Gasteiger partial charge in [0.25, 0.3) is 0 Å². The molecule has 11 heteroatoms. The van der Waals surface area contributed by atoms with Crippen molar-refractivity contribution in [2.75, 3.05) is 21.1 Å². The maximum Gasteiger partial charge on any atom is 0.432 e. The molecule has 0 saturated carbocycles. The Morgan fingerprint density at radius 3 is 1.75 bits per heavy atom. The second-order valence-corrected chi connectivity index (χ2v) is 7.36. The van der Waals surface area contributed by atoms with Gasteiger partial charge in [0.15, 0.2) is 0 Å². The number of aliphatic hydroxyl groups is 1. The van der Waals surface area contributed by atoms with Crippen LogP contribution in [0.1, 0.15) is 5.56 Å². The lowest BCUT2D eigenvalue weighted by Crippen LogP contribution is -2.54. The molecule has 5 nitrogen and oxygen atoms in total. The minimum atomic E-state index is -6.44. The van der Waals surface area contributed by atoms with E-state index >= 15 is 0 Å². The van der Waals surface area contributed by atoms with Crippen LogP contribution in [0.2, 0.25) is 0 Å². The Bertz CT molecular complexity index is 615. The average Bonchev–Trinajstić information content (AvgIpc) is 2.36. The summed E-state index contributed by atoms with van der Waals surface area (Å²) < 4.78 is 86.7. The summed E-state index contributed by atoms with van der Waals surface area (Å²) in [4.78, 5) is 0. The first-order valence-electron chi connectivity index (χ1n) is 6.41. The van der Waals surface area contributed by atoms with Gasteiger partial charge in [-0.15, -0.1) is 0 Å². The fourth-order valence-corrected chi connectivity index (χ4v) is 1.89. The molecule has 0 aliphatic carbocycles. The molecule has 0 fully saturated rings. The summed E-state index contributed by atoms with van der Waals surface area (Å²) in [6.07, 6.45) is -4.68. The van der Waals surface area contributed by atoms with Crippen LogP contribution in [-0.2, 0) is 16.7 Å². The molecule has 0 radical (unpaired) electrons. The molecule has 0 aliphatic heterocycles. The van der Waals surface area contributed by atoms with Crippen molar-refractivity contribution in [3.8, 4) is 0 Å². The predicted molar refractivity (Wildman–Crippen MR) is 76.7 cm³/mol. The average molecular weight is 380 g/mol. The van der Waals surface area contributed by atoms with Gasteiger partial charge in [-0.05, 0) is 0 Å². The molecule has 1 unspecified atom stereocenters. The Morgan fingerprint density at radius 2 is 1.50 bits per heavy atom. The summed E-state index contributed by atoms with van der Waals surface area (Å²) in [6, 6.07) is 10.6. The highest BCUT2D eigenvalue weighted by atomic mass is 32.2. The summed E-state index contributed by atoms with van der Waals surface area (Å²) in [7, 11) is 0.161. The number of quaternary nitrogens is 1. The van der Waals surface area contributed by atoms with E-state index in [1.54, 1.807) is 0 Å². The van der Waals surface area contributed by atoms with Gasteiger partial charge < -0.3 is 9.59 Å². The Morgan fingerprint density at radius 1 is 1.08 bits per heavy atom. The third-order valence-electron chi connectivity index (χ3n) is 2.52. The maximum atomic E-state index is 12.0. The van der Waals surface area contributed by atoms with E-state index in [-0.39, 0.29) is 0 Å². The molecule has 0 amide bonds. The molecular weight excluding hydrogens is 361 g/mol. The third kappa shape index (κ3) is 6.30. The van der Waals surface area contributed by atoms with Crippen LogP contribution in [0.15, 0.2) is 30.3 Å². The monoisotopic (exact) mass is 380 g/mol. The van der Waals surface area contributed by atoms with Crippen molar-refractivity contribution >= 4 is 10.1 Å². The van der Waals surface area contributed by atoms with Gasteiger partial charge in [0, 0.05) is 5.56 Å². The number of rotatable bonds is 5. The molecular formula is C13H19F5NO4S+. The van der Waals surface area contributed by atoms with E-state index in [2.05, 4.69) is 51.5 Å². The van der Waals surface area contributed by atoms with Crippen molar-refractivity contribution in [1.82, 2.24) is 0 Å². The van der Waals surface area contributed by atoms with Crippen molar-refractivity contribution in [1.29, 1.82) is 0 Å². The van der Waals surface area contributed by atoms with Crippen LogP contribution in [0.5, 0.6) is 0 Å². The van der Waals surface area contributed by atoms with Crippen molar-refractivity contribution in [3.63, 3.8) is 0 Å². The lowest BCUT2D eigenvalue weighted by atomic mass is 10.2. The van der Waals surface area contributed by atoms with Gasteiger partial charge in [-0.3, -0.25) is 4.55 Å². The smallest absolute Gasteiger partial charge is 0.352 e. The van der Waals surface area contributed by atoms with Crippen LogP contribution in [0.4, 0.5) is 22.0 Å². The van der Waals surface area contributed by atoms with Crippen LogP contribution in [0.25, 0.3) is 0 Å². The van der Waals surface area contributed by atoms with E-state index in [0.717, 1.165) is 11.0 Å². The number of benzene rings is 1. The van der Waals surface area contributed by atoms with Gasteiger partial charge in [-0.25, -0.2) is 8.78 Å². The molecule has 1 aromatic rings. The third-order valence-corrected chi connectivity index (χ3v) is 3.46. The van der Waals surface area contributed by atoms with E-state index in [1.165, 1.54) is 5.56 Å². The molecule has 1 rings (SSSR count). The van der Waals surface area contributed by atoms with Gasteiger partial charge in [-0.2, -0.15) is 21.6 Å². The van der Waals surface area contributed by atoms with Crippen LogP contribution < -0.4 is 0 Å². The van der Waals surface area contributed by atoms with E-state index in [1.807, 2.05) is 0 Å². The van der Waals surface area contributed by atoms with E-state index < -0.39 is 27.7 Å². The molecule has 0 aliphatic rings. The van der Waals surface area contributed by atoms with Gasteiger partial charge in [-0.1, -0.05) is 30.3 Å². The lowest BCUT2D eigenvalue weighted by molar-refractivity contribution is -0.884. The number of hydrogen-bond acceptors (Lipinski definition) is 3. The van der Waals surface area contributed by atoms with Gasteiger partial charge in [0.2, 0.25) is 0 Å². The highest BCUT2D eigenvalue weighted by Gasteiger charge is 2.69. The Labute approximate surface area is 136 Å². The molecule has 0 spiro atoms. The first-order chi connectivity index (χ1) is 10.5. The van der Waals surface area contributed by atoms with E-state index in [4.69, 9.17) is 9.66 Å². The summed E-state index contributed by atoms with van der Waals surface area (Å²) in [6.45, 7) is 1.10. The van der Waals surface area contributed by atoms with Crippen LogP contribution >= 0.6 is 0 Å². The largest absolute Gasteiger partial charge is 0.432 e. The van der Waals surface area contributed by atoms with E-state index in [0.29, 0.717) is 0 Å². The molecule has 0 heterocycles. The minimum absolute atomic E-state index is 0.990. The molecule has 0 saturated heterocycles. The van der Waals surface area contributed by atoms with Crippen molar-refractivity contribution in [3.05, 3.63) is 35.9 Å². The highest BCUT2D eigenvalue weighted by molar-refractivity contribution is 7.87. The fraction of sp³-hybridized carbons (Fsp3) is 0.538. The van der Waals surface area contributed by atoms with E-state index in [9.17, 15) is 30.4 Å². The lowest BCUT2D eigenvalue weighted by Gasteiger charge is -2.24. The summed E-state index contributed by atoms with van der Waals surface area (Å²) in [5, 5.41) is 1.77. The molecule has 24 heavy (non-hydrogen) atoms. The Kier molecular flexibility index (Phi) is 7.30. The maximum absolute atomic E-state index is 12.0. The SMILES string of the molecule is C[N+](C)(C)Cc1ccccc1.O=S(=O)(O)C(F)(F)C(O)(F)C(F)F. The quantitative estimate of drug-likeness (QED) is 0.467. The normalized spacial score (nSPS) is 15.5. The molecule has 1 atom stereocenters. The van der Waals surface area contributed by atoms with Crippen LogP contribution in [0, 0.1) is 0 Å². The number of halogens is 5. The molecule has 140 valence electrons. The molecule has 0 bridgehead atoms. The zero-order valence-electron chi connectivity index (χ0n) is 13.1. The Hall–Kier alpha value is -1.30. The molecule has 2 N–H and O–H groups in total. The summed E-state index contributed by atoms with van der Waals surface area (Å²) in [5.74, 6) is -5.62. The second-order valence-electron chi connectivity index (χ2n) is 5.90. The summed E-state index contributed by atoms with van der Waals surface area (Å²) >= 11 is 0. The first-order valence-corrected chi connectivity index (χ1v) is 7.85. The van der Waals surface area contributed by atoms with Crippen LogP contribution in [-0.4, -0.2) is 61.2 Å². The topological polar surface area (TPSA) is 74.6 Å². The van der Waals surface area contributed by atoms with Crippen molar-refractivity contribution < 1.29 is 44.5 Å². The second kappa shape index (κ2) is 7.72. The first kappa shape index (κ1) is 22.7. The predicted octanol–water partition coefficient (Wildman–Crippen LogP) is 2.28. The van der Waals surface area contributed by atoms with Gasteiger partial charge in [0.1, 0.15) is 6.54 Å². The van der Waals surface area contributed by atoms with Crippen molar-refractivity contribution in [2.24, 2.45) is 0 Å². The zero-order valence-corrected chi connectivity index (χ0v) is 13.9.